The molecule has 0 aliphatic rings. The molecule has 0 bridgehead atoms. The fourth-order valence-corrected chi connectivity index (χ4v) is 3.50. The first-order chi connectivity index (χ1) is 16.8. The molecule has 0 unspecified atom stereocenters. The second-order valence-corrected chi connectivity index (χ2v) is 9.38. The van der Waals surface area contributed by atoms with Crippen molar-refractivity contribution in [3.8, 4) is 17.2 Å². The molecular formula is C28H23F3O5. The molecule has 8 heteroatoms. The topological polar surface area (TPSA) is 65.7 Å². The highest BCUT2D eigenvalue weighted by atomic mass is 19.4. The molecule has 3 aromatic carbocycles. The lowest BCUT2D eigenvalue weighted by Crippen LogP contribution is -2.16. The van der Waals surface area contributed by atoms with Crippen LogP contribution < -0.4 is 14.9 Å². The molecule has 0 atom stereocenters. The SMILES string of the molecule is Cc1ccc(Oc2c(C(F)(F)F)oc3cc(OC(=O)c4ccc(C(C)(C)C)cc4)ccc3c2=O)cc1. The quantitative estimate of drug-likeness (QED) is 0.217. The zero-order valence-corrected chi connectivity index (χ0v) is 20.0. The van der Waals surface area contributed by atoms with Crippen LogP contribution in [0.15, 0.2) is 75.9 Å². The van der Waals surface area contributed by atoms with Gasteiger partial charge in [0.25, 0.3) is 5.76 Å². The van der Waals surface area contributed by atoms with Crippen molar-refractivity contribution in [1.82, 2.24) is 0 Å². The van der Waals surface area contributed by atoms with Crippen molar-refractivity contribution in [3.63, 3.8) is 0 Å². The summed E-state index contributed by atoms with van der Waals surface area (Å²) in [5, 5.41) is -0.153. The predicted molar refractivity (Wildman–Crippen MR) is 129 cm³/mol. The van der Waals surface area contributed by atoms with Gasteiger partial charge in [0.05, 0.1) is 10.9 Å². The molecule has 0 aliphatic carbocycles. The van der Waals surface area contributed by atoms with Crippen LogP contribution in [0.5, 0.6) is 17.2 Å². The Morgan fingerprint density at radius 1 is 0.861 bits per heavy atom. The molecule has 1 heterocycles. The minimum Gasteiger partial charge on any atom is -0.449 e. The maximum absolute atomic E-state index is 13.8. The summed E-state index contributed by atoms with van der Waals surface area (Å²) in [6.07, 6.45) is -5.01. The van der Waals surface area contributed by atoms with Crippen molar-refractivity contribution < 1.29 is 31.9 Å². The Morgan fingerprint density at radius 3 is 2.06 bits per heavy atom. The van der Waals surface area contributed by atoms with Crippen LogP contribution in [0.25, 0.3) is 11.0 Å². The van der Waals surface area contributed by atoms with E-state index in [4.69, 9.17) is 13.9 Å². The van der Waals surface area contributed by atoms with E-state index in [0.717, 1.165) is 17.2 Å². The molecule has 0 fully saturated rings. The highest BCUT2D eigenvalue weighted by molar-refractivity contribution is 5.91. The van der Waals surface area contributed by atoms with E-state index in [1.807, 2.05) is 20.8 Å². The first-order valence-electron chi connectivity index (χ1n) is 11.1. The number of carbonyl (C=O) groups excluding carboxylic acids is 1. The zero-order valence-electron chi connectivity index (χ0n) is 20.0. The number of aryl methyl sites for hydroxylation is 1. The van der Waals surface area contributed by atoms with Crippen molar-refractivity contribution in [3.05, 3.63) is 99.4 Å². The molecular weight excluding hydrogens is 473 g/mol. The number of hydrogen-bond donors (Lipinski definition) is 0. The lowest BCUT2D eigenvalue weighted by molar-refractivity contribution is -0.154. The van der Waals surface area contributed by atoms with E-state index in [-0.39, 0.29) is 27.9 Å². The number of carbonyl (C=O) groups is 1. The fraction of sp³-hybridized carbons (Fsp3) is 0.214. The first-order valence-corrected chi connectivity index (χ1v) is 11.1. The Hall–Kier alpha value is -4.07. The number of rotatable bonds is 4. The average molecular weight is 496 g/mol. The Kier molecular flexibility index (Phi) is 6.39. The molecule has 5 nitrogen and oxygen atoms in total. The van der Waals surface area contributed by atoms with Gasteiger partial charge in [0.2, 0.25) is 11.2 Å². The molecule has 0 radical (unpaired) electrons. The van der Waals surface area contributed by atoms with Crippen LogP contribution in [0.3, 0.4) is 0 Å². The average Bonchev–Trinajstić information content (AvgIpc) is 2.81. The number of hydrogen-bond acceptors (Lipinski definition) is 5. The molecule has 4 aromatic rings. The van der Waals surface area contributed by atoms with Gasteiger partial charge in [-0.05, 0) is 54.3 Å². The summed E-state index contributed by atoms with van der Waals surface area (Å²) in [4.78, 5) is 25.5. The first kappa shape index (κ1) is 25.0. The van der Waals surface area contributed by atoms with Crippen LogP contribution in [0.4, 0.5) is 13.2 Å². The number of alkyl halides is 3. The number of fused-ring (bicyclic) bond motifs is 1. The van der Waals surface area contributed by atoms with Gasteiger partial charge in [-0.2, -0.15) is 13.2 Å². The van der Waals surface area contributed by atoms with E-state index in [1.54, 1.807) is 43.3 Å². The molecule has 0 saturated carbocycles. The molecule has 4 rings (SSSR count). The Labute approximate surface area is 205 Å². The molecule has 36 heavy (non-hydrogen) atoms. The molecule has 0 spiro atoms. The smallest absolute Gasteiger partial charge is 0.449 e. The minimum atomic E-state index is -5.01. The largest absolute Gasteiger partial charge is 0.453 e. The van der Waals surface area contributed by atoms with E-state index >= 15 is 0 Å². The fourth-order valence-electron chi connectivity index (χ4n) is 3.50. The van der Waals surface area contributed by atoms with Gasteiger partial charge in [0.1, 0.15) is 17.1 Å². The normalized spacial score (nSPS) is 12.0. The highest BCUT2D eigenvalue weighted by Gasteiger charge is 2.40. The maximum Gasteiger partial charge on any atom is 0.453 e. The highest BCUT2D eigenvalue weighted by Crippen LogP contribution is 2.38. The maximum atomic E-state index is 13.8. The van der Waals surface area contributed by atoms with E-state index in [0.29, 0.717) is 0 Å². The lowest BCUT2D eigenvalue weighted by Gasteiger charge is -2.18. The molecule has 0 aliphatic heterocycles. The zero-order chi connectivity index (χ0) is 26.3. The third kappa shape index (κ3) is 5.27. The van der Waals surface area contributed by atoms with Crippen molar-refractivity contribution >= 4 is 16.9 Å². The number of halogens is 3. The van der Waals surface area contributed by atoms with Gasteiger partial charge in [-0.15, -0.1) is 0 Å². The third-order valence-electron chi connectivity index (χ3n) is 5.52. The number of ether oxygens (including phenoxy) is 2. The minimum absolute atomic E-state index is 0.0563. The standard InChI is InChI=1S/C28H23F3O5/c1-16-5-11-19(12-6-16)34-24-23(32)21-14-13-20(15-22(21)36-25(24)28(29,30)31)35-26(33)17-7-9-18(10-8-17)27(2,3)4/h5-15H,1-4H3. The van der Waals surface area contributed by atoms with Crippen LogP contribution >= 0.6 is 0 Å². The van der Waals surface area contributed by atoms with Gasteiger partial charge in [-0.1, -0.05) is 50.6 Å². The van der Waals surface area contributed by atoms with Crippen molar-refractivity contribution in [2.45, 2.75) is 39.3 Å². The molecule has 1 aromatic heterocycles. The van der Waals surface area contributed by atoms with E-state index in [9.17, 15) is 22.8 Å². The molecule has 0 N–H and O–H groups in total. The van der Waals surface area contributed by atoms with Crippen LogP contribution in [-0.2, 0) is 11.6 Å². The van der Waals surface area contributed by atoms with Crippen LogP contribution in [0.2, 0.25) is 0 Å². The molecule has 186 valence electrons. The Morgan fingerprint density at radius 2 is 1.47 bits per heavy atom. The van der Waals surface area contributed by atoms with E-state index < -0.39 is 34.7 Å². The Balaban J connectivity index is 1.68. The summed E-state index contributed by atoms with van der Waals surface area (Å²) in [7, 11) is 0. The summed E-state index contributed by atoms with van der Waals surface area (Å²) >= 11 is 0. The van der Waals surface area contributed by atoms with Crippen molar-refractivity contribution in [1.29, 1.82) is 0 Å². The van der Waals surface area contributed by atoms with Gasteiger partial charge in [-0.3, -0.25) is 4.79 Å². The summed E-state index contributed by atoms with van der Waals surface area (Å²) < 4.78 is 57.0. The summed E-state index contributed by atoms with van der Waals surface area (Å²) in [5.74, 6) is -3.27. The molecule has 0 amide bonds. The summed E-state index contributed by atoms with van der Waals surface area (Å²) in [6, 6.07) is 16.6. The van der Waals surface area contributed by atoms with Crippen molar-refractivity contribution in [2.75, 3.05) is 0 Å². The van der Waals surface area contributed by atoms with Crippen LogP contribution in [0, 0.1) is 6.92 Å². The van der Waals surface area contributed by atoms with E-state index in [1.165, 1.54) is 24.3 Å². The summed E-state index contributed by atoms with van der Waals surface area (Å²) in [6.45, 7) is 7.92. The van der Waals surface area contributed by atoms with Crippen LogP contribution in [0.1, 0.15) is 48.0 Å². The Bertz CT molecular complexity index is 1480. The van der Waals surface area contributed by atoms with Crippen LogP contribution in [-0.4, -0.2) is 5.97 Å². The van der Waals surface area contributed by atoms with Crippen molar-refractivity contribution in [2.24, 2.45) is 0 Å². The monoisotopic (exact) mass is 496 g/mol. The predicted octanol–water partition coefficient (Wildman–Crippen LogP) is 7.43. The van der Waals surface area contributed by atoms with Gasteiger partial charge in [0, 0.05) is 6.07 Å². The van der Waals surface area contributed by atoms with Gasteiger partial charge in [0.15, 0.2) is 0 Å². The van der Waals surface area contributed by atoms with Gasteiger partial charge >= 0.3 is 12.1 Å². The second-order valence-electron chi connectivity index (χ2n) is 9.38. The third-order valence-corrected chi connectivity index (χ3v) is 5.52. The van der Waals surface area contributed by atoms with Gasteiger partial charge < -0.3 is 13.9 Å². The van der Waals surface area contributed by atoms with Gasteiger partial charge in [-0.25, -0.2) is 4.79 Å². The number of benzene rings is 3. The second kappa shape index (κ2) is 9.18. The van der Waals surface area contributed by atoms with E-state index in [2.05, 4.69) is 0 Å². The molecule has 0 saturated heterocycles. The lowest BCUT2D eigenvalue weighted by atomic mass is 9.87. The summed E-state index contributed by atoms with van der Waals surface area (Å²) in [5.41, 5.74) is 0.668. The number of esters is 1.